The number of hydrogen-bond acceptors (Lipinski definition) is 5. The molecule has 0 saturated carbocycles. The molecule has 0 fully saturated rings. The van der Waals surface area contributed by atoms with E-state index >= 15 is 0 Å². The highest BCUT2D eigenvalue weighted by Crippen LogP contribution is 2.35. The van der Waals surface area contributed by atoms with Gasteiger partial charge in [-0.15, -0.1) is 10.2 Å². The third-order valence-electron chi connectivity index (χ3n) is 4.80. The molecule has 2 aromatic heterocycles. The van der Waals surface area contributed by atoms with Gasteiger partial charge in [0.1, 0.15) is 5.03 Å². The van der Waals surface area contributed by atoms with E-state index in [1.165, 1.54) is 30.0 Å². The molecule has 6 nitrogen and oxygen atoms in total. The van der Waals surface area contributed by atoms with Crippen LogP contribution in [0.5, 0.6) is 0 Å². The van der Waals surface area contributed by atoms with Gasteiger partial charge in [0.25, 0.3) is 5.91 Å². The van der Waals surface area contributed by atoms with E-state index in [9.17, 15) is 18.0 Å². The van der Waals surface area contributed by atoms with Crippen LogP contribution in [-0.2, 0) is 6.18 Å². The number of aromatic nitrogens is 4. The summed E-state index contributed by atoms with van der Waals surface area (Å²) in [6.07, 6.45) is -4.75. The predicted molar refractivity (Wildman–Crippen MR) is 118 cm³/mol. The highest BCUT2D eigenvalue weighted by molar-refractivity contribution is 7.99. The summed E-state index contributed by atoms with van der Waals surface area (Å²) < 4.78 is 42.2. The molecule has 0 atom stereocenters. The molecule has 10 heteroatoms. The summed E-state index contributed by atoms with van der Waals surface area (Å²) in [6.45, 7) is 0. The molecule has 1 N–H and O–H groups in total. The average molecular weight is 465 g/mol. The van der Waals surface area contributed by atoms with Crippen LogP contribution in [0.15, 0.2) is 88.8 Å². The summed E-state index contributed by atoms with van der Waals surface area (Å²) in [5.41, 5.74) is 1.08. The number of benzene rings is 3. The molecule has 164 valence electrons. The summed E-state index contributed by atoms with van der Waals surface area (Å²) >= 11 is 1.19. The van der Waals surface area contributed by atoms with E-state index in [1.807, 2.05) is 36.4 Å². The summed E-state index contributed by atoms with van der Waals surface area (Å²) in [6, 6.07) is 22.3. The quantitative estimate of drug-likeness (QED) is 0.369. The highest BCUT2D eigenvalue weighted by Gasteiger charge is 2.38. The number of nitrogens with one attached hydrogen (secondary N) is 1. The van der Waals surface area contributed by atoms with E-state index in [1.54, 1.807) is 24.3 Å². The number of fused-ring (bicyclic) bond motifs is 3. The van der Waals surface area contributed by atoms with Crippen LogP contribution in [0, 0.1) is 0 Å². The molecule has 33 heavy (non-hydrogen) atoms. The average Bonchev–Trinajstić information content (AvgIpc) is 3.27. The molecular weight excluding hydrogens is 451 g/mol. The lowest BCUT2D eigenvalue weighted by Crippen LogP contribution is -2.14. The summed E-state index contributed by atoms with van der Waals surface area (Å²) in [5, 5.41) is 10.2. The number of halogens is 3. The van der Waals surface area contributed by atoms with Gasteiger partial charge in [0.2, 0.25) is 5.82 Å². The zero-order valence-electron chi connectivity index (χ0n) is 16.7. The Morgan fingerprint density at radius 2 is 1.61 bits per heavy atom. The number of rotatable bonds is 4. The van der Waals surface area contributed by atoms with Gasteiger partial charge in [-0.3, -0.25) is 9.20 Å². The van der Waals surface area contributed by atoms with Gasteiger partial charge in [-0.2, -0.15) is 13.2 Å². The normalized spacial score (nSPS) is 11.7. The number of nitrogens with zero attached hydrogens (tertiary/aromatic N) is 4. The Hall–Kier alpha value is -3.92. The van der Waals surface area contributed by atoms with E-state index < -0.39 is 17.9 Å². The number of amides is 1. The minimum absolute atomic E-state index is 0.0377. The van der Waals surface area contributed by atoms with Crippen molar-refractivity contribution in [3.63, 3.8) is 0 Å². The smallest absolute Gasteiger partial charge is 0.322 e. The van der Waals surface area contributed by atoms with Gasteiger partial charge in [0.15, 0.2) is 5.65 Å². The van der Waals surface area contributed by atoms with Crippen LogP contribution in [0.4, 0.5) is 18.9 Å². The molecule has 0 unspecified atom stereocenters. The van der Waals surface area contributed by atoms with Crippen LogP contribution in [0.3, 0.4) is 0 Å². The number of carbonyl (C=O) groups excluding carboxylic acids is 1. The molecule has 0 radical (unpaired) electrons. The van der Waals surface area contributed by atoms with Crippen molar-refractivity contribution in [1.82, 2.24) is 19.6 Å². The topological polar surface area (TPSA) is 72.2 Å². The van der Waals surface area contributed by atoms with Crippen molar-refractivity contribution < 1.29 is 18.0 Å². The van der Waals surface area contributed by atoms with E-state index in [0.29, 0.717) is 5.69 Å². The fourth-order valence-electron chi connectivity index (χ4n) is 3.33. The maximum Gasteiger partial charge on any atom is 0.452 e. The molecule has 0 aliphatic rings. The van der Waals surface area contributed by atoms with Crippen LogP contribution in [-0.4, -0.2) is 25.5 Å². The monoisotopic (exact) mass is 465 g/mol. The van der Waals surface area contributed by atoms with Crippen molar-refractivity contribution in [2.24, 2.45) is 0 Å². The number of para-hydroxylation sites is 1. The maximum atomic E-state index is 13.8. The Labute approximate surface area is 189 Å². The van der Waals surface area contributed by atoms with E-state index in [-0.39, 0.29) is 27.3 Å². The van der Waals surface area contributed by atoms with Gasteiger partial charge in [-0.05, 0) is 42.5 Å². The second kappa shape index (κ2) is 8.21. The Bertz CT molecular complexity index is 1470. The van der Waals surface area contributed by atoms with Gasteiger partial charge in [-0.1, -0.05) is 48.2 Å². The standard InChI is InChI=1S/C23H14F3N5OS/c24-23(25,26)22-30-29-19-21(33-16-9-5-2-6-10-16)28-17-12-11-14(13-18(17)31(19)22)20(32)27-15-7-3-1-4-8-15/h1-13H,(H,27,32). The van der Waals surface area contributed by atoms with Crippen molar-refractivity contribution >= 4 is 40.0 Å². The lowest BCUT2D eigenvalue weighted by molar-refractivity contribution is -0.145. The Morgan fingerprint density at radius 1 is 0.909 bits per heavy atom. The van der Waals surface area contributed by atoms with Crippen molar-refractivity contribution in [2.75, 3.05) is 5.32 Å². The van der Waals surface area contributed by atoms with E-state index in [4.69, 9.17) is 0 Å². The van der Waals surface area contributed by atoms with Crippen LogP contribution < -0.4 is 5.32 Å². The zero-order chi connectivity index (χ0) is 23.0. The number of alkyl halides is 3. The fraction of sp³-hybridized carbons (Fsp3) is 0.0435. The first-order valence-electron chi connectivity index (χ1n) is 9.75. The van der Waals surface area contributed by atoms with Crippen LogP contribution in [0.1, 0.15) is 16.2 Å². The zero-order valence-corrected chi connectivity index (χ0v) is 17.6. The van der Waals surface area contributed by atoms with Gasteiger partial charge >= 0.3 is 6.18 Å². The molecule has 5 aromatic rings. The highest BCUT2D eigenvalue weighted by atomic mass is 32.2. The van der Waals surface area contributed by atoms with Gasteiger partial charge < -0.3 is 5.32 Å². The molecule has 0 aliphatic carbocycles. The molecule has 2 heterocycles. The van der Waals surface area contributed by atoms with Gasteiger partial charge in [0.05, 0.1) is 11.0 Å². The van der Waals surface area contributed by atoms with Crippen molar-refractivity contribution in [1.29, 1.82) is 0 Å². The second-order valence-corrected chi connectivity index (χ2v) is 8.10. The van der Waals surface area contributed by atoms with E-state index in [2.05, 4.69) is 20.5 Å². The summed E-state index contributed by atoms with van der Waals surface area (Å²) in [5.74, 6) is -1.64. The minimum Gasteiger partial charge on any atom is -0.322 e. The maximum absolute atomic E-state index is 13.8. The first kappa shape index (κ1) is 21.0. The molecular formula is C23H14F3N5OS. The Balaban J connectivity index is 1.66. The molecule has 5 rings (SSSR count). The predicted octanol–water partition coefficient (Wildman–Crippen LogP) is 5.70. The van der Waals surface area contributed by atoms with Crippen LogP contribution in [0.25, 0.3) is 16.7 Å². The molecule has 0 bridgehead atoms. The van der Waals surface area contributed by atoms with Crippen molar-refractivity contribution in [3.05, 3.63) is 90.3 Å². The van der Waals surface area contributed by atoms with Gasteiger partial charge in [0, 0.05) is 16.1 Å². The largest absolute Gasteiger partial charge is 0.452 e. The third kappa shape index (κ3) is 4.12. The second-order valence-electron chi connectivity index (χ2n) is 7.04. The molecule has 0 saturated heterocycles. The lowest BCUT2D eigenvalue weighted by Gasteiger charge is -2.11. The van der Waals surface area contributed by atoms with Crippen molar-refractivity contribution in [2.45, 2.75) is 16.1 Å². The number of anilines is 1. The Kier molecular flexibility index (Phi) is 5.21. The molecule has 0 spiro atoms. The minimum atomic E-state index is -4.75. The van der Waals surface area contributed by atoms with Gasteiger partial charge in [-0.25, -0.2) is 4.98 Å². The first-order chi connectivity index (χ1) is 15.9. The number of carbonyl (C=O) groups is 1. The third-order valence-corrected chi connectivity index (χ3v) is 5.77. The molecule has 3 aromatic carbocycles. The fourth-order valence-corrected chi connectivity index (χ4v) is 4.21. The van der Waals surface area contributed by atoms with E-state index in [0.717, 1.165) is 9.30 Å². The molecule has 1 amide bonds. The first-order valence-corrected chi connectivity index (χ1v) is 10.6. The SMILES string of the molecule is O=C(Nc1ccccc1)c1ccc2nc(Sc3ccccc3)c3nnc(C(F)(F)F)n3c2c1. The Morgan fingerprint density at radius 3 is 2.30 bits per heavy atom. The van der Waals surface area contributed by atoms with Crippen molar-refractivity contribution in [3.8, 4) is 0 Å². The molecule has 0 aliphatic heterocycles. The van der Waals surface area contributed by atoms with Crippen LogP contribution >= 0.6 is 11.8 Å². The summed E-state index contributed by atoms with van der Waals surface area (Å²) in [7, 11) is 0. The summed E-state index contributed by atoms with van der Waals surface area (Å²) in [4.78, 5) is 18.0. The number of hydrogen-bond donors (Lipinski definition) is 1. The van der Waals surface area contributed by atoms with Crippen LogP contribution in [0.2, 0.25) is 0 Å². The lowest BCUT2D eigenvalue weighted by atomic mass is 10.1.